The SMILES string of the molecule is COC(=O)C1(C(=O)OC)C=C(c2ccc(S(C)(=O)=O)cc2)C=C1c1ccc(F)nc1. The molecule has 0 saturated carbocycles. The molecule has 0 saturated heterocycles. The van der Waals surface area contributed by atoms with Gasteiger partial charge >= 0.3 is 11.9 Å². The number of methoxy groups -OCH3 is 2. The molecular formula is C21H18FNO6S. The van der Waals surface area contributed by atoms with E-state index in [1.54, 1.807) is 18.2 Å². The minimum Gasteiger partial charge on any atom is -0.468 e. The molecule has 2 aromatic rings. The number of esters is 2. The highest BCUT2D eigenvalue weighted by atomic mass is 32.2. The summed E-state index contributed by atoms with van der Waals surface area (Å²) in [5, 5.41) is 0. The summed E-state index contributed by atoms with van der Waals surface area (Å²) in [6.07, 6.45) is 5.25. The number of carbonyl (C=O) groups is 2. The van der Waals surface area contributed by atoms with Gasteiger partial charge < -0.3 is 9.47 Å². The van der Waals surface area contributed by atoms with Crippen molar-refractivity contribution >= 4 is 32.9 Å². The van der Waals surface area contributed by atoms with Crippen molar-refractivity contribution in [1.82, 2.24) is 4.98 Å². The monoisotopic (exact) mass is 431 g/mol. The predicted molar refractivity (Wildman–Crippen MR) is 106 cm³/mol. The van der Waals surface area contributed by atoms with E-state index < -0.39 is 33.1 Å². The second kappa shape index (κ2) is 7.83. The third-order valence-corrected chi connectivity index (χ3v) is 5.89. The highest BCUT2D eigenvalue weighted by molar-refractivity contribution is 7.90. The maximum absolute atomic E-state index is 13.3. The van der Waals surface area contributed by atoms with Gasteiger partial charge in [0, 0.05) is 12.5 Å². The Morgan fingerprint density at radius 2 is 1.53 bits per heavy atom. The number of sulfone groups is 1. The molecule has 0 spiro atoms. The van der Waals surface area contributed by atoms with Crippen molar-refractivity contribution in [3.63, 3.8) is 0 Å². The molecule has 1 aromatic heterocycles. The van der Waals surface area contributed by atoms with Crippen LogP contribution in [-0.2, 0) is 28.9 Å². The maximum Gasteiger partial charge on any atom is 0.331 e. The van der Waals surface area contributed by atoms with E-state index in [1.807, 2.05) is 0 Å². The van der Waals surface area contributed by atoms with Crippen LogP contribution in [0.25, 0.3) is 11.1 Å². The van der Waals surface area contributed by atoms with Gasteiger partial charge in [0.05, 0.1) is 19.1 Å². The second-order valence-electron chi connectivity index (χ2n) is 6.62. The molecule has 30 heavy (non-hydrogen) atoms. The van der Waals surface area contributed by atoms with Gasteiger partial charge in [-0.2, -0.15) is 4.39 Å². The molecule has 0 amide bonds. The fourth-order valence-corrected chi connectivity index (χ4v) is 3.90. The summed E-state index contributed by atoms with van der Waals surface area (Å²) < 4.78 is 46.5. The first kappa shape index (κ1) is 21.4. The number of allylic oxidation sites excluding steroid dienone is 2. The second-order valence-corrected chi connectivity index (χ2v) is 8.63. The first-order valence-corrected chi connectivity index (χ1v) is 10.6. The van der Waals surface area contributed by atoms with Crippen molar-refractivity contribution in [3.8, 4) is 0 Å². The van der Waals surface area contributed by atoms with Gasteiger partial charge in [-0.3, -0.25) is 9.59 Å². The lowest BCUT2D eigenvalue weighted by Gasteiger charge is -2.25. The molecule has 3 rings (SSSR count). The molecule has 0 aliphatic heterocycles. The first-order valence-electron chi connectivity index (χ1n) is 8.67. The van der Waals surface area contributed by atoms with E-state index >= 15 is 0 Å². The highest BCUT2D eigenvalue weighted by Crippen LogP contribution is 2.47. The van der Waals surface area contributed by atoms with Crippen molar-refractivity contribution in [2.24, 2.45) is 5.41 Å². The number of pyridine rings is 1. The minimum atomic E-state index is -3.39. The highest BCUT2D eigenvalue weighted by Gasteiger charge is 2.53. The van der Waals surface area contributed by atoms with E-state index in [2.05, 4.69) is 4.98 Å². The molecule has 0 radical (unpaired) electrons. The molecule has 1 heterocycles. The van der Waals surface area contributed by atoms with Crippen LogP contribution in [0.5, 0.6) is 0 Å². The molecular weight excluding hydrogens is 413 g/mol. The Labute approximate surface area is 172 Å². The van der Waals surface area contributed by atoms with Crippen LogP contribution in [0.1, 0.15) is 11.1 Å². The number of rotatable bonds is 5. The smallest absolute Gasteiger partial charge is 0.331 e. The number of halogens is 1. The molecule has 9 heteroatoms. The zero-order valence-electron chi connectivity index (χ0n) is 16.4. The molecule has 0 atom stereocenters. The van der Waals surface area contributed by atoms with E-state index in [0.717, 1.165) is 26.5 Å². The van der Waals surface area contributed by atoms with E-state index in [0.29, 0.717) is 16.7 Å². The maximum atomic E-state index is 13.3. The number of carbonyl (C=O) groups excluding carboxylic acids is 2. The number of ether oxygens (including phenoxy) is 2. The van der Waals surface area contributed by atoms with Crippen molar-refractivity contribution in [2.75, 3.05) is 20.5 Å². The zero-order chi connectivity index (χ0) is 22.1. The third kappa shape index (κ3) is 3.63. The van der Waals surface area contributed by atoms with Gasteiger partial charge in [-0.05, 0) is 58.7 Å². The fraction of sp³-hybridized carbons (Fsp3) is 0.190. The van der Waals surface area contributed by atoms with Gasteiger partial charge in [0.15, 0.2) is 9.84 Å². The molecule has 0 unspecified atom stereocenters. The van der Waals surface area contributed by atoms with E-state index in [4.69, 9.17) is 9.47 Å². The third-order valence-electron chi connectivity index (χ3n) is 4.77. The van der Waals surface area contributed by atoms with Crippen LogP contribution in [0, 0.1) is 11.4 Å². The number of benzene rings is 1. The number of aromatic nitrogens is 1. The van der Waals surface area contributed by atoms with E-state index in [1.165, 1.54) is 30.5 Å². The molecule has 156 valence electrons. The summed E-state index contributed by atoms with van der Waals surface area (Å²) in [4.78, 5) is 29.3. The van der Waals surface area contributed by atoms with Crippen LogP contribution in [0.2, 0.25) is 0 Å². The summed E-state index contributed by atoms with van der Waals surface area (Å²) in [6, 6.07) is 8.46. The summed E-state index contributed by atoms with van der Waals surface area (Å²) in [6.45, 7) is 0. The Bertz CT molecular complexity index is 1150. The van der Waals surface area contributed by atoms with Gasteiger partial charge in [-0.15, -0.1) is 0 Å². The number of hydrogen-bond acceptors (Lipinski definition) is 7. The van der Waals surface area contributed by atoms with Gasteiger partial charge in [-0.1, -0.05) is 12.1 Å². The summed E-state index contributed by atoms with van der Waals surface area (Å²) >= 11 is 0. The van der Waals surface area contributed by atoms with Crippen LogP contribution >= 0.6 is 0 Å². The van der Waals surface area contributed by atoms with Crippen molar-refractivity contribution in [1.29, 1.82) is 0 Å². The molecule has 1 aliphatic rings. The lowest BCUT2D eigenvalue weighted by molar-refractivity contribution is -0.160. The number of nitrogens with zero attached hydrogens (tertiary/aromatic N) is 1. The van der Waals surface area contributed by atoms with Crippen LogP contribution in [0.15, 0.2) is 59.6 Å². The Hall–Kier alpha value is -3.33. The molecule has 7 nitrogen and oxygen atoms in total. The van der Waals surface area contributed by atoms with Crippen LogP contribution < -0.4 is 0 Å². The van der Waals surface area contributed by atoms with Gasteiger partial charge in [0.25, 0.3) is 0 Å². The van der Waals surface area contributed by atoms with Gasteiger partial charge in [0.2, 0.25) is 11.4 Å². The molecule has 1 aromatic carbocycles. The topological polar surface area (TPSA) is 99.6 Å². The van der Waals surface area contributed by atoms with Crippen LogP contribution in [0.4, 0.5) is 4.39 Å². The summed E-state index contributed by atoms with van der Waals surface area (Å²) in [5.41, 5.74) is -0.370. The van der Waals surface area contributed by atoms with E-state index in [-0.39, 0.29) is 10.5 Å². The minimum absolute atomic E-state index is 0.129. The Balaban J connectivity index is 2.21. The average molecular weight is 431 g/mol. The zero-order valence-corrected chi connectivity index (χ0v) is 17.2. The van der Waals surface area contributed by atoms with Gasteiger partial charge in [-0.25, -0.2) is 13.4 Å². The Morgan fingerprint density at radius 1 is 0.967 bits per heavy atom. The van der Waals surface area contributed by atoms with E-state index in [9.17, 15) is 22.4 Å². The number of hydrogen-bond donors (Lipinski definition) is 0. The molecule has 0 bridgehead atoms. The van der Waals surface area contributed by atoms with Gasteiger partial charge in [0.1, 0.15) is 0 Å². The van der Waals surface area contributed by atoms with Crippen LogP contribution in [-0.4, -0.2) is 45.8 Å². The fourth-order valence-electron chi connectivity index (χ4n) is 3.27. The lowest BCUT2D eigenvalue weighted by atomic mass is 9.79. The molecule has 0 fully saturated rings. The summed E-state index contributed by atoms with van der Waals surface area (Å²) in [5.74, 6) is -2.48. The molecule has 0 N–H and O–H groups in total. The predicted octanol–water partition coefficient (Wildman–Crippen LogP) is 2.44. The Kier molecular flexibility index (Phi) is 5.58. The first-order chi connectivity index (χ1) is 14.1. The lowest BCUT2D eigenvalue weighted by Crippen LogP contribution is -2.39. The molecule has 1 aliphatic carbocycles. The van der Waals surface area contributed by atoms with Crippen molar-refractivity contribution < 1.29 is 31.9 Å². The normalized spacial score (nSPS) is 15.2. The van der Waals surface area contributed by atoms with Crippen molar-refractivity contribution in [3.05, 3.63) is 71.8 Å². The average Bonchev–Trinajstić information content (AvgIpc) is 3.14. The van der Waals surface area contributed by atoms with Crippen LogP contribution in [0.3, 0.4) is 0 Å². The largest absolute Gasteiger partial charge is 0.468 e. The standard InChI is InChI=1S/C21H18FNO6S/c1-28-19(24)21(20(25)29-2)11-15(10-17(21)14-6-9-18(22)23-12-14)13-4-7-16(8-5-13)30(3,26)27/h4-12H,1-3H3. The summed E-state index contributed by atoms with van der Waals surface area (Å²) in [7, 11) is -1.11. The quantitative estimate of drug-likeness (QED) is 0.407. The Morgan fingerprint density at radius 3 is 2.00 bits per heavy atom. The van der Waals surface area contributed by atoms with Crippen molar-refractivity contribution in [2.45, 2.75) is 4.90 Å².